The van der Waals surface area contributed by atoms with Gasteiger partial charge in [-0.2, -0.15) is 0 Å². The van der Waals surface area contributed by atoms with Gasteiger partial charge in [-0.25, -0.2) is 0 Å². The van der Waals surface area contributed by atoms with Gasteiger partial charge in [0.25, 0.3) is 0 Å². The van der Waals surface area contributed by atoms with Gasteiger partial charge in [0.1, 0.15) is 0 Å². The number of esters is 2. The fourth-order valence-corrected chi connectivity index (χ4v) is 1.77. The molecule has 0 aromatic heterocycles. The van der Waals surface area contributed by atoms with Gasteiger partial charge in [0.15, 0.2) is 5.41 Å². The molecule has 5 heteroatoms. The number of methoxy groups -OCH3 is 2. The SMILES string of the molecule is C=CCC(/C=C/I)(C(=O)OC)C(=O)OC. The van der Waals surface area contributed by atoms with Crippen LogP contribution in [0.1, 0.15) is 6.42 Å². The van der Waals surface area contributed by atoms with Crippen molar-refractivity contribution in [3.05, 3.63) is 22.8 Å². The predicted molar refractivity (Wildman–Crippen MR) is 64.4 cm³/mol. The Kier molecular flexibility index (Phi) is 6.23. The molecule has 0 heterocycles. The quantitative estimate of drug-likeness (QED) is 0.335. The molecule has 0 unspecified atom stereocenters. The van der Waals surface area contributed by atoms with E-state index in [0.29, 0.717) is 0 Å². The molecular formula is C10H13IO4. The third-order valence-corrected chi connectivity index (χ3v) is 2.27. The number of hydrogen-bond donors (Lipinski definition) is 0. The standard InChI is InChI=1S/C10H13IO4/c1-4-5-10(6-7-11,8(12)14-2)9(13)15-3/h4,6-7H,1,5H2,2-3H3/b7-6+. The van der Waals surface area contributed by atoms with Crippen LogP contribution in [0.25, 0.3) is 0 Å². The van der Waals surface area contributed by atoms with Crippen LogP contribution < -0.4 is 0 Å². The zero-order chi connectivity index (χ0) is 11.9. The van der Waals surface area contributed by atoms with Crippen molar-refractivity contribution < 1.29 is 19.1 Å². The van der Waals surface area contributed by atoms with Gasteiger partial charge in [0.2, 0.25) is 0 Å². The van der Waals surface area contributed by atoms with Gasteiger partial charge < -0.3 is 9.47 Å². The van der Waals surface area contributed by atoms with Crippen LogP contribution in [0, 0.1) is 5.41 Å². The molecule has 15 heavy (non-hydrogen) atoms. The van der Waals surface area contributed by atoms with E-state index in [2.05, 4.69) is 16.1 Å². The minimum Gasteiger partial charge on any atom is -0.468 e. The summed E-state index contributed by atoms with van der Waals surface area (Å²) in [4.78, 5) is 23.2. The van der Waals surface area contributed by atoms with Crippen LogP contribution >= 0.6 is 22.6 Å². The van der Waals surface area contributed by atoms with Gasteiger partial charge in [-0.15, -0.1) is 6.58 Å². The summed E-state index contributed by atoms with van der Waals surface area (Å²) in [5, 5.41) is 0. The Morgan fingerprint density at radius 1 is 1.33 bits per heavy atom. The van der Waals surface area contributed by atoms with Crippen LogP contribution in [0.4, 0.5) is 0 Å². The molecule has 0 saturated heterocycles. The predicted octanol–water partition coefficient (Wildman–Crippen LogP) is 1.84. The molecule has 0 fully saturated rings. The van der Waals surface area contributed by atoms with Gasteiger partial charge in [-0.3, -0.25) is 9.59 Å². The van der Waals surface area contributed by atoms with Gasteiger partial charge in [-0.1, -0.05) is 28.7 Å². The lowest BCUT2D eigenvalue weighted by molar-refractivity contribution is -0.164. The first kappa shape index (κ1) is 14.2. The van der Waals surface area contributed by atoms with E-state index in [4.69, 9.17) is 0 Å². The normalized spacial score (nSPS) is 11.1. The summed E-state index contributed by atoms with van der Waals surface area (Å²) in [5.41, 5.74) is -1.41. The number of hydrogen-bond acceptors (Lipinski definition) is 4. The maximum absolute atomic E-state index is 11.6. The van der Waals surface area contributed by atoms with Gasteiger partial charge in [0, 0.05) is 0 Å². The molecule has 0 saturated carbocycles. The Morgan fingerprint density at radius 3 is 2.07 bits per heavy atom. The van der Waals surface area contributed by atoms with Crippen molar-refractivity contribution in [2.75, 3.05) is 14.2 Å². The fourth-order valence-electron chi connectivity index (χ4n) is 1.15. The van der Waals surface area contributed by atoms with Crippen molar-refractivity contribution >= 4 is 34.5 Å². The number of carbonyl (C=O) groups excluding carboxylic acids is 2. The van der Waals surface area contributed by atoms with Crippen LogP contribution in [0.2, 0.25) is 0 Å². The monoisotopic (exact) mass is 324 g/mol. The number of carbonyl (C=O) groups is 2. The first-order valence-corrected chi connectivity index (χ1v) is 5.39. The highest BCUT2D eigenvalue weighted by molar-refractivity contribution is 14.1. The molecule has 0 radical (unpaired) electrons. The Hall–Kier alpha value is -0.850. The van der Waals surface area contributed by atoms with E-state index in [9.17, 15) is 9.59 Å². The minimum atomic E-state index is -1.41. The van der Waals surface area contributed by atoms with Crippen molar-refractivity contribution in [2.24, 2.45) is 5.41 Å². The number of allylic oxidation sites excluding steroid dienone is 1. The van der Waals surface area contributed by atoms with Crippen molar-refractivity contribution in [3.63, 3.8) is 0 Å². The van der Waals surface area contributed by atoms with Crippen molar-refractivity contribution in [1.29, 1.82) is 0 Å². The largest absolute Gasteiger partial charge is 0.468 e. The summed E-state index contributed by atoms with van der Waals surface area (Å²) in [5.74, 6) is -1.30. The summed E-state index contributed by atoms with van der Waals surface area (Å²) < 4.78 is 10.8. The van der Waals surface area contributed by atoms with E-state index in [1.807, 2.05) is 22.6 Å². The molecule has 0 aliphatic rings. The Balaban J connectivity index is 5.33. The van der Waals surface area contributed by atoms with Gasteiger partial charge >= 0.3 is 11.9 Å². The minimum absolute atomic E-state index is 0.145. The summed E-state index contributed by atoms with van der Waals surface area (Å²) in [6, 6.07) is 0. The van der Waals surface area contributed by atoms with Crippen LogP contribution in [0.15, 0.2) is 22.8 Å². The molecule has 0 aromatic rings. The fraction of sp³-hybridized carbons (Fsp3) is 0.400. The molecule has 4 nitrogen and oxygen atoms in total. The maximum Gasteiger partial charge on any atom is 0.327 e. The maximum atomic E-state index is 11.6. The summed E-state index contributed by atoms with van der Waals surface area (Å²) in [6.45, 7) is 3.51. The Morgan fingerprint density at radius 2 is 1.80 bits per heavy atom. The van der Waals surface area contributed by atoms with Crippen molar-refractivity contribution in [3.8, 4) is 0 Å². The molecule has 0 amide bonds. The molecule has 0 aromatic carbocycles. The lowest BCUT2D eigenvalue weighted by Crippen LogP contribution is -2.39. The average molecular weight is 324 g/mol. The molecule has 0 aliphatic carbocycles. The summed E-state index contributed by atoms with van der Waals surface area (Å²) in [7, 11) is 2.45. The molecule has 0 spiro atoms. The van der Waals surface area contributed by atoms with E-state index >= 15 is 0 Å². The molecule has 0 atom stereocenters. The first-order valence-electron chi connectivity index (χ1n) is 4.14. The molecule has 0 N–H and O–H groups in total. The van der Waals surface area contributed by atoms with Crippen LogP contribution in [-0.4, -0.2) is 26.2 Å². The molecule has 0 aliphatic heterocycles. The molecule has 0 rings (SSSR count). The topological polar surface area (TPSA) is 52.6 Å². The van der Waals surface area contributed by atoms with E-state index in [1.54, 1.807) is 4.08 Å². The van der Waals surface area contributed by atoms with E-state index in [-0.39, 0.29) is 6.42 Å². The molecule has 0 bridgehead atoms. The van der Waals surface area contributed by atoms with Gasteiger partial charge in [-0.05, 0) is 16.6 Å². The van der Waals surface area contributed by atoms with Gasteiger partial charge in [0.05, 0.1) is 14.2 Å². The zero-order valence-electron chi connectivity index (χ0n) is 8.66. The van der Waals surface area contributed by atoms with Crippen LogP contribution in [0.3, 0.4) is 0 Å². The Labute approximate surface area is 102 Å². The highest BCUT2D eigenvalue weighted by Crippen LogP contribution is 2.29. The van der Waals surface area contributed by atoms with E-state index in [0.717, 1.165) is 0 Å². The second-order valence-corrected chi connectivity index (χ2v) is 3.46. The molecule has 84 valence electrons. The lowest BCUT2D eigenvalue weighted by Gasteiger charge is -2.22. The van der Waals surface area contributed by atoms with Crippen LogP contribution in [0.5, 0.6) is 0 Å². The van der Waals surface area contributed by atoms with E-state index in [1.165, 1.54) is 26.4 Å². The van der Waals surface area contributed by atoms with Crippen molar-refractivity contribution in [1.82, 2.24) is 0 Å². The van der Waals surface area contributed by atoms with Crippen LogP contribution in [-0.2, 0) is 19.1 Å². The second-order valence-electron chi connectivity index (χ2n) is 2.74. The number of halogens is 1. The number of rotatable bonds is 5. The third kappa shape index (κ3) is 3.05. The first-order chi connectivity index (χ1) is 7.08. The van der Waals surface area contributed by atoms with Crippen molar-refractivity contribution in [2.45, 2.75) is 6.42 Å². The lowest BCUT2D eigenvalue weighted by atomic mass is 9.84. The highest BCUT2D eigenvalue weighted by Gasteiger charge is 2.45. The number of ether oxygens (including phenoxy) is 2. The highest BCUT2D eigenvalue weighted by atomic mass is 127. The smallest absolute Gasteiger partial charge is 0.327 e. The third-order valence-electron chi connectivity index (χ3n) is 1.91. The van der Waals surface area contributed by atoms with E-state index < -0.39 is 17.4 Å². The average Bonchev–Trinajstić information content (AvgIpc) is 2.26. The zero-order valence-corrected chi connectivity index (χ0v) is 10.8. The second kappa shape index (κ2) is 6.60. The summed E-state index contributed by atoms with van der Waals surface area (Å²) >= 11 is 1.92. The molecular weight excluding hydrogens is 311 g/mol. The Bertz CT molecular complexity index is 267. The summed E-state index contributed by atoms with van der Waals surface area (Å²) in [6.07, 6.45) is 3.07.